The number of rotatable bonds is 2. The summed E-state index contributed by atoms with van der Waals surface area (Å²) in [6.07, 6.45) is 6.37. The maximum Gasteiger partial charge on any atom is 0.0896 e. The Bertz CT molecular complexity index is 443. The van der Waals surface area contributed by atoms with Crippen LogP contribution < -0.4 is 0 Å². The van der Waals surface area contributed by atoms with Gasteiger partial charge in [-0.25, -0.2) is 0 Å². The Labute approximate surface area is 124 Å². The van der Waals surface area contributed by atoms with E-state index in [1.807, 2.05) is 0 Å². The third-order valence-corrected chi connectivity index (χ3v) is 5.15. The average molecular weight is 274 g/mol. The van der Waals surface area contributed by atoms with Crippen LogP contribution in [0, 0.1) is 11.3 Å². The molecule has 1 aliphatic carbocycles. The third kappa shape index (κ3) is 3.44. The number of hydrogen-bond donors (Lipinski definition) is 1. The van der Waals surface area contributed by atoms with E-state index in [9.17, 15) is 5.11 Å². The van der Waals surface area contributed by atoms with Crippen LogP contribution in [0.25, 0.3) is 0 Å². The highest BCUT2D eigenvalue weighted by atomic mass is 16.3. The third-order valence-electron chi connectivity index (χ3n) is 5.15. The van der Waals surface area contributed by atoms with Crippen molar-refractivity contribution < 1.29 is 5.11 Å². The van der Waals surface area contributed by atoms with Crippen molar-refractivity contribution in [1.82, 2.24) is 0 Å². The molecule has 0 amide bonds. The molecule has 1 saturated carbocycles. The van der Waals surface area contributed by atoms with Gasteiger partial charge in [-0.1, -0.05) is 52.0 Å². The number of aliphatic hydroxyl groups is 1. The largest absolute Gasteiger partial charge is 0.385 e. The first-order valence-corrected chi connectivity index (χ1v) is 8.17. The second-order valence-electron chi connectivity index (χ2n) is 7.58. The Balaban J connectivity index is 2.18. The number of aryl methyl sites for hydroxylation is 1. The Kier molecular flexibility index (Phi) is 4.59. The van der Waals surface area contributed by atoms with Crippen molar-refractivity contribution in [3.63, 3.8) is 0 Å². The van der Waals surface area contributed by atoms with Crippen LogP contribution in [-0.2, 0) is 12.0 Å². The zero-order chi connectivity index (χ0) is 14.8. The van der Waals surface area contributed by atoms with E-state index in [4.69, 9.17) is 0 Å². The van der Waals surface area contributed by atoms with Crippen molar-refractivity contribution in [3.05, 3.63) is 35.4 Å². The van der Waals surface area contributed by atoms with E-state index >= 15 is 0 Å². The molecule has 1 nitrogen and oxygen atoms in total. The molecule has 1 N–H and O–H groups in total. The van der Waals surface area contributed by atoms with E-state index in [2.05, 4.69) is 52.0 Å². The molecule has 20 heavy (non-hydrogen) atoms. The van der Waals surface area contributed by atoms with Gasteiger partial charge in [0.05, 0.1) is 5.60 Å². The van der Waals surface area contributed by atoms with Gasteiger partial charge in [0.25, 0.3) is 0 Å². The molecule has 0 spiro atoms. The van der Waals surface area contributed by atoms with E-state index in [1.165, 1.54) is 12.0 Å². The fraction of sp³-hybridized carbons (Fsp3) is 0.684. The van der Waals surface area contributed by atoms with E-state index in [0.717, 1.165) is 43.6 Å². The Morgan fingerprint density at radius 3 is 2.60 bits per heavy atom. The summed E-state index contributed by atoms with van der Waals surface area (Å²) >= 11 is 0. The van der Waals surface area contributed by atoms with E-state index < -0.39 is 5.60 Å². The summed E-state index contributed by atoms with van der Waals surface area (Å²) in [5.74, 6) is 0.728. The van der Waals surface area contributed by atoms with Crippen LogP contribution in [0.2, 0.25) is 0 Å². The van der Waals surface area contributed by atoms with Crippen molar-refractivity contribution in [2.45, 2.75) is 71.8 Å². The van der Waals surface area contributed by atoms with Crippen molar-refractivity contribution in [2.75, 3.05) is 0 Å². The van der Waals surface area contributed by atoms with Crippen LogP contribution >= 0.6 is 0 Å². The van der Waals surface area contributed by atoms with Gasteiger partial charge in [-0.2, -0.15) is 0 Å². The van der Waals surface area contributed by atoms with Gasteiger partial charge in [0.15, 0.2) is 0 Å². The predicted octanol–water partition coefficient (Wildman–Crippen LogP) is 5.06. The second kappa shape index (κ2) is 5.89. The number of hydrogen-bond acceptors (Lipinski definition) is 1. The van der Waals surface area contributed by atoms with Crippen LogP contribution in [0.4, 0.5) is 0 Å². The van der Waals surface area contributed by atoms with Gasteiger partial charge >= 0.3 is 0 Å². The second-order valence-corrected chi connectivity index (χ2v) is 7.58. The van der Waals surface area contributed by atoms with Crippen LogP contribution in [0.5, 0.6) is 0 Å². The smallest absolute Gasteiger partial charge is 0.0896 e. The SMILES string of the molecule is CCc1cccc(C2(O)CCCC(C(C)(C)C)CC2)c1. The normalized spacial score (nSPS) is 28.1. The van der Waals surface area contributed by atoms with Crippen molar-refractivity contribution in [2.24, 2.45) is 11.3 Å². The van der Waals surface area contributed by atoms with Crippen LogP contribution in [0.3, 0.4) is 0 Å². The number of benzene rings is 1. The molecule has 0 heterocycles. The summed E-state index contributed by atoms with van der Waals surface area (Å²) in [5, 5.41) is 11.1. The average Bonchev–Trinajstić information content (AvgIpc) is 2.61. The summed E-state index contributed by atoms with van der Waals surface area (Å²) in [6.45, 7) is 9.17. The molecular formula is C19H30O. The van der Waals surface area contributed by atoms with Crippen LogP contribution in [0.15, 0.2) is 24.3 Å². The Morgan fingerprint density at radius 2 is 1.95 bits per heavy atom. The lowest BCUT2D eigenvalue weighted by molar-refractivity contribution is 0.0179. The van der Waals surface area contributed by atoms with Crippen molar-refractivity contribution >= 4 is 0 Å². The molecule has 0 radical (unpaired) electrons. The minimum absolute atomic E-state index is 0.358. The topological polar surface area (TPSA) is 20.2 Å². The van der Waals surface area contributed by atoms with Crippen molar-refractivity contribution in [1.29, 1.82) is 0 Å². The predicted molar refractivity (Wildman–Crippen MR) is 85.7 cm³/mol. The lowest BCUT2D eigenvalue weighted by Gasteiger charge is -2.31. The standard InChI is InChI=1S/C19H30O/c1-5-15-8-6-9-17(14-15)19(20)12-7-10-16(11-13-19)18(2,3)4/h6,8-9,14,16,20H,5,7,10-13H2,1-4H3. The molecule has 1 heteroatoms. The lowest BCUT2D eigenvalue weighted by Crippen LogP contribution is -2.26. The zero-order valence-corrected chi connectivity index (χ0v) is 13.6. The first-order chi connectivity index (χ1) is 9.35. The molecule has 2 atom stereocenters. The molecule has 0 saturated heterocycles. The molecule has 2 rings (SSSR count). The molecule has 0 aromatic heterocycles. The fourth-order valence-electron chi connectivity index (χ4n) is 3.56. The Morgan fingerprint density at radius 1 is 1.20 bits per heavy atom. The minimum Gasteiger partial charge on any atom is -0.385 e. The summed E-state index contributed by atoms with van der Waals surface area (Å²) in [7, 11) is 0. The van der Waals surface area contributed by atoms with E-state index in [0.29, 0.717) is 5.41 Å². The van der Waals surface area contributed by atoms with Gasteiger partial charge in [0.1, 0.15) is 0 Å². The molecule has 2 unspecified atom stereocenters. The van der Waals surface area contributed by atoms with Crippen LogP contribution in [-0.4, -0.2) is 5.11 Å². The maximum atomic E-state index is 11.1. The highest BCUT2D eigenvalue weighted by Crippen LogP contribution is 2.43. The quantitative estimate of drug-likeness (QED) is 0.747. The minimum atomic E-state index is -0.606. The molecule has 1 aromatic rings. The van der Waals surface area contributed by atoms with Crippen molar-refractivity contribution in [3.8, 4) is 0 Å². The summed E-state index contributed by atoms with van der Waals surface area (Å²) in [5.41, 5.74) is 2.21. The van der Waals surface area contributed by atoms with Gasteiger partial charge < -0.3 is 5.11 Å². The molecule has 1 aromatic carbocycles. The maximum absolute atomic E-state index is 11.1. The Hall–Kier alpha value is -0.820. The molecular weight excluding hydrogens is 244 g/mol. The first kappa shape index (κ1) is 15.6. The van der Waals surface area contributed by atoms with E-state index in [1.54, 1.807) is 0 Å². The van der Waals surface area contributed by atoms with Gasteiger partial charge in [-0.15, -0.1) is 0 Å². The monoisotopic (exact) mass is 274 g/mol. The summed E-state index contributed by atoms with van der Waals surface area (Å²) < 4.78 is 0. The van der Waals surface area contributed by atoms with Gasteiger partial charge in [0.2, 0.25) is 0 Å². The first-order valence-electron chi connectivity index (χ1n) is 8.17. The van der Waals surface area contributed by atoms with Gasteiger partial charge in [-0.05, 0) is 61.0 Å². The van der Waals surface area contributed by atoms with Gasteiger partial charge in [-0.3, -0.25) is 0 Å². The molecule has 1 fully saturated rings. The fourth-order valence-corrected chi connectivity index (χ4v) is 3.56. The highest BCUT2D eigenvalue weighted by Gasteiger charge is 2.35. The molecule has 112 valence electrons. The molecule has 0 aliphatic heterocycles. The highest BCUT2D eigenvalue weighted by molar-refractivity contribution is 5.28. The van der Waals surface area contributed by atoms with Crippen LogP contribution in [0.1, 0.15) is 70.9 Å². The van der Waals surface area contributed by atoms with Gasteiger partial charge in [0, 0.05) is 0 Å². The molecule has 1 aliphatic rings. The summed E-state index contributed by atoms with van der Waals surface area (Å²) in [4.78, 5) is 0. The molecule has 0 bridgehead atoms. The summed E-state index contributed by atoms with van der Waals surface area (Å²) in [6, 6.07) is 8.56. The zero-order valence-electron chi connectivity index (χ0n) is 13.6. The lowest BCUT2D eigenvalue weighted by atomic mass is 9.76. The van der Waals surface area contributed by atoms with E-state index in [-0.39, 0.29) is 0 Å².